The van der Waals surface area contributed by atoms with Crippen LogP contribution in [0.15, 0.2) is 30.3 Å². The molecule has 1 N–H and O–H groups in total. The third kappa shape index (κ3) is 3.40. The normalized spacial score (nSPS) is 10.6. The van der Waals surface area contributed by atoms with Crippen LogP contribution in [0.2, 0.25) is 0 Å². The molecule has 9 nitrogen and oxygen atoms in total. The minimum atomic E-state index is -0.233. The Hall–Kier alpha value is -3.23. The Morgan fingerprint density at radius 2 is 2.08 bits per heavy atom. The fourth-order valence-electron chi connectivity index (χ4n) is 2.16. The highest BCUT2D eigenvalue weighted by Crippen LogP contribution is 2.16. The quantitative estimate of drug-likeness (QED) is 0.753. The second-order valence-corrected chi connectivity index (χ2v) is 5.28. The number of aryl methyl sites for hydroxylation is 3. The molecule has 2 heterocycles. The van der Waals surface area contributed by atoms with Gasteiger partial charge in [0.25, 0.3) is 5.91 Å². The monoisotopic (exact) mass is 327 g/mol. The summed E-state index contributed by atoms with van der Waals surface area (Å²) >= 11 is 0. The predicted molar refractivity (Wildman–Crippen MR) is 85.5 cm³/mol. The van der Waals surface area contributed by atoms with E-state index < -0.39 is 0 Å². The summed E-state index contributed by atoms with van der Waals surface area (Å²) in [7, 11) is 3.51. The van der Waals surface area contributed by atoms with Crippen LogP contribution < -0.4 is 10.1 Å². The van der Waals surface area contributed by atoms with Crippen molar-refractivity contribution in [3.05, 3.63) is 47.4 Å². The van der Waals surface area contributed by atoms with Crippen LogP contribution in [0.3, 0.4) is 0 Å². The van der Waals surface area contributed by atoms with Crippen molar-refractivity contribution in [2.75, 3.05) is 5.32 Å². The molecule has 0 bridgehead atoms. The Kier molecular flexibility index (Phi) is 4.23. The number of nitrogens with zero attached hydrogens (tertiary/aromatic N) is 6. The fourth-order valence-corrected chi connectivity index (χ4v) is 2.16. The van der Waals surface area contributed by atoms with E-state index in [0.29, 0.717) is 23.0 Å². The molecular formula is C15H17N7O2. The maximum atomic E-state index is 12.4. The van der Waals surface area contributed by atoms with Crippen LogP contribution in [0.5, 0.6) is 5.75 Å². The number of rotatable bonds is 5. The van der Waals surface area contributed by atoms with Crippen LogP contribution in [0.4, 0.5) is 5.82 Å². The molecule has 0 aliphatic heterocycles. The molecule has 24 heavy (non-hydrogen) atoms. The van der Waals surface area contributed by atoms with Crippen molar-refractivity contribution in [1.82, 2.24) is 30.0 Å². The van der Waals surface area contributed by atoms with Crippen LogP contribution >= 0.6 is 0 Å². The predicted octanol–water partition coefficient (Wildman–Crippen LogP) is 1.08. The van der Waals surface area contributed by atoms with E-state index in [9.17, 15) is 4.79 Å². The van der Waals surface area contributed by atoms with Crippen LogP contribution in [0, 0.1) is 6.92 Å². The molecule has 0 atom stereocenters. The molecule has 1 amide bonds. The zero-order valence-corrected chi connectivity index (χ0v) is 13.6. The van der Waals surface area contributed by atoms with Crippen molar-refractivity contribution in [3.63, 3.8) is 0 Å². The van der Waals surface area contributed by atoms with Gasteiger partial charge in [-0.05, 0) is 35.5 Å². The van der Waals surface area contributed by atoms with Gasteiger partial charge in [0.05, 0.1) is 5.69 Å². The van der Waals surface area contributed by atoms with Gasteiger partial charge in [0, 0.05) is 25.7 Å². The lowest BCUT2D eigenvalue weighted by atomic mass is 10.2. The largest absolute Gasteiger partial charge is 0.486 e. The van der Waals surface area contributed by atoms with Crippen LogP contribution in [-0.4, -0.2) is 35.9 Å². The first-order valence-corrected chi connectivity index (χ1v) is 7.29. The number of carbonyl (C=O) groups excluding carboxylic acids is 1. The number of ether oxygens (including phenoxy) is 1. The maximum Gasteiger partial charge on any atom is 0.256 e. The van der Waals surface area contributed by atoms with E-state index in [1.165, 1.54) is 4.68 Å². The fraction of sp³-hybridized carbons (Fsp3) is 0.267. The number of tetrazole rings is 1. The molecule has 0 aliphatic rings. The summed E-state index contributed by atoms with van der Waals surface area (Å²) in [5, 5.41) is 18.1. The molecule has 3 rings (SSSR count). The lowest BCUT2D eigenvalue weighted by molar-refractivity contribution is 0.102. The summed E-state index contributed by atoms with van der Waals surface area (Å²) in [6.07, 6.45) is 0. The van der Waals surface area contributed by atoms with Crippen molar-refractivity contribution in [2.45, 2.75) is 13.5 Å². The van der Waals surface area contributed by atoms with Gasteiger partial charge in [-0.3, -0.25) is 9.48 Å². The van der Waals surface area contributed by atoms with Gasteiger partial charge >= 0.3 is 0 Å². The van der Waals surface area contributed by atoms with Crippen molar-refractivity contribution in [3.8, 4) is 5.75 Å². The van der Waals surface area contributed by atoms with E-state index in [0.717, 1.165) is 5.69 Å². The summed E-state index contributed by atoms with van der Waals surface area (Å²) in [6, 6.07) is 8.72. The molecule has 0 radical (unpaired) electrons. The number of nitrogens with one attached hydrogen (secondary N) is 1. The molecule has 0 saturated heterocycles. The topological polar surface area (TPSA) is 99.8 Å². The van der Waals surface area contributed by atoms with Gasteiger partial charge in [0.1, 0.15) is 18.2 Å². The summed E-state index contributed by atoms with van der Waals surface area (Å²) in [4.78, 5) is 12.4. The van der Waals surface area contributed by atoms with Crippen LogP contribution in [0.1, 0.15) is 21.9 Å². The van der Waals surface area contributed by atoms with E-state index in [1.54, 1.807) is 49.1 Å². The number of hydrogen-bond donors (Lipinski definition) is 1. The molecule has 0 aliphatic carbocycles. The Morgan fingerprint density at radius 3 is 2.75 bits per heavy atom. The SMILES string of the molecule is Cc1cc(NC(=O)c2cccc(OCc3nnnn3C)c2)n(C)n1. The Bertz CT molecular complexity index is 868. The molecule has 124 valence electrons. The third-order valence-corrected chi connectivity index (χ3v) is 3.42. The Morgan fingerprint density at radius 1 is 1.25 bits per heavy atom. The molecule has 0 fully saturated rings. The zero-order chi connectivity index (χ0) is 17.1. The maximum absolute atomic E-state index is 12.4. The second-order valence-electron chi connectivity index (χ2n) is 5.28. The van der Waals surface area contributed by atoms with Crippen molar-refractivity contribution in [2.24, 2.45) is 14.1 Å². The van der Waals surface area contributed by atoms with Crippen LogP contribution in [0.25, 0.3) is 0 Å². The first kappa shape index (κ1) is 15.7. The summed E-state index contributed by atoms with van der Waals surface area (Å²) in [6.45, 7) is 2.08. The zero-order valence-electron chi connectivity index (χ0n) is 13.6. The van der Waals surface area contributed by atoms with E-state index in [4.69, 9.17) is 4.74 Å². The minimum Gasteiger partial charge on any atom is -0.486 e. The van der Waals surface area contributed by atoms with Crippen molar-refractivity contribution in [1.29, 1.82) is 0 Å². The van der Waals surface area contributed by atoms with Gasteiger partial charge in [-0.2, -0.15) is 5.10 Å². The lowest BCUT2D eigenvalue weighted by Crippen LogP contribution is -2.14. The molecule has 0 unspecified atom stereocenters. The Labute approximate surface area is 138 Å². The summed E-state index contributed by atoms with van der Waals surface area (Å²) in [5.74, 6) is 1.56. The first-order chi connectivity index (χ1) is 11.5. The van der Waals surface area contributed by atoms with Gasteiger partial charge in [0.15, 0.2) is 5.82 Å². The van der Waals surface area contributed by atoms with E-state index in [2.05, 4.69) is 25.9 Å². The highest BCUT2D eigenvalue weighted by atomic mass is 16.5. The van der Waals surface area contributed by atoms with Crippen molar-refractivity contribution >= 4 is 11.7 Å². The van der Waals surface area contributed by atoms with Gasteiger partial charge in [0.2, 0.25) is 0 Å². The summed E-state index contributed by atoms with van der Waals surface area (Å²) < 4.78 is 8.79. The van der Waals surface area contributed by atoms with E-state index >= 15 is 0 Å². The number of aromatic nitrogens is 6. The van der Waals surface area contributed by atoms with E-state index in [-0.39, 0.29) is 12.5 Å². The van der Waals surface area contributed by atoms with Crippen molar-refractivity contribution < 1.29 is 9.53 Å². The second kappa shape index (κ2) is 6.49. The van der Waals surface area contributed by atoms with Gasteiger partial charge < -0.3 is 10.1 Å². The van der Waals surface area contributed by atoms with Gasteiger partial charge in [-0.15, -0.1) is 5.10 Å². The van der Waals surface area contributed by atoms with E-state index in [1.807, 2.05) is 6.92 Å². The highest BCUT2D eigenvalue weighted by molar-refractivity contribution is 6.04. The van der Waals surface area contributed by atoms with Crippen LogP contribution in [-0.2, 0) is 20.7 Å². The molecule has 1 aromatic carbocycles. The highest BCUT2D eigenvalue weighted by Gasteiger charge is 2.11. The molecule has 0 saturated carbocycles. The molecular weight excluding hydrogens is 310 g/mol. The standard InChI is InChI=1S/C15H17N7O2/c1-10-7-13(21(2)18-10)16-15(23)11-5-4-6-12(8-11)24-9-14-17-19-20-22(14)3/h4-8H,9H2,1-3H3,(H,16,23). The minimum absolute atomic E-state index is 0.218. The molecule has 3 aromatic rings. The number of carbonyl (C=O) groups is 1. The average molecular weight is 327 g/mol. The molecule has 0 spiro atoms. The van der Waals surface area contributed by atoms with Gasteiger partial charge in [-0.1, -0.05) is 6.07 Å². The van der Waals surface area contributed by atoms with Gasteiger partial charge in [-0.25, -0.2) is 4.68 Å². The number of hydrogen-bond acceptors (Lipinski definition) is 6. The lowest BCUT2D eigenvalue weighted by Gasteiger charge is -2.08. The first-order valence-electron chi connectivity index (χ1n) is 7.29. The molecule has 9 heteroatoms. The Balaban J connectivity index is 1.69. The third-order valence-electron chi connectivity index (χ3n) is 3.42. The smallest absolute Gasteiger partial charge is 0.256 e. The summed E-state index contributed by atoms with van der Waals surface area (Å²) in [5.41, 5.74) is 1.32. The average Bonchev–Trinajstić information content (AvgIpc) is 3.10. The number of benzene rings is 1. The molecule has 2 aromatic heterocycles. The number of anilines is 1. The number of amides is 1.